The second-order valence-corrected chi connectivity index (χ2v) is 14.2. The van der Waals surface area contributed by atoms with Gasteiger partial charge in [-0.1, -0.05) is 13.8 Å². The van der Waals surface area contributed by atoms with Gasteiger partial charge < -0.3 is 34.3 Å². The van der Waals surface area contributed by atoms with Crippen molar-refractivity contribution in [2.75, 3.05) is 20.3 Å². The van der Waals surface area contributed by atoms with Crippen molar-refractivity contribution < 1.29 is 39.1 Å². The summed E-state index contributed by atoms with van der Waals surface area (Å²) < 4.78 is 22.8. The van der Waals surface area contributed by atoms with E-state index in [1.807, 2.05) is 6.92 Å². The highest BCUT2D eigenvalue weighted by molar-refractivity contribution is 5.85. The number of aliphatic hydroxyl groups is 3. The van der Waals surface area contributed by atoms with Gasteiger partial charge in [-0.15, -0.1) is 0 Å². The summed E-state index contributed by atoms with van der Waals surface area (Å²) in [6, 6.07) is 0. The summed E-state index contributed by atoms with van der Waals surface area (Å²) in [5.41, 5.74) is -1.01. The summed E-state index contributed by atoms with van der Waals surface area (Å²) >= 11 is 0. The number of carbonyl (C=O) groups excluding carboxylic acids is 1. The van der Waals surface area contributed by atoms with Crippen LogP contribution < -0.4 is 0 Å². The van der Waals surface area contributed by atoms with Crippen molar-refractivity contribution in [3.8, 4) is 0 Å². The van der Waals surface area contributed by atoms with Crippen LogP contribution in [0.15, 0.2) is 11.6 Å². The molecular formula is C31H48O8. The normalized spacial score (nSPS) is 53.4. The Hall–Kier alpha value is -1.03. The first-order valence-electron chi connectivity index (χ1n) is 15.2. The zero-order chi connectivity index (χ0) is 27.8. The lowest BCUT2D eigenvalue weighted by atomic mass is 9.41. The van der Waals surface area contributed by atoms with Crippen LogP contribution in [0.4, 0.5) is 0 Å². The van der Waals surface area contributed by atoms with Gasteiger partial charge in [0.25, 0.3) is 0 Å². The van der Waals surface area contributed by atoms with Crippen molar-refractivity contribution in [1.29, 1.82) is 0 Å². The summed E-state index contributed by atoms with van der Waals surface area (Å²) in [6.07, 6.45) is 8.11. The maximum Gasteiger partial charge on any atom is 0.331 e. The standard InChI is InChI=1S/C31H48O8/c1-18-27(33)24(36-4)14-26(39-18)38-16-19-5-9-28(2)22-6-10-29(3)21(20-13-25(32)37-17-20)8-12-31(29,35)23(22)7-11-30(28,34)15-19/h13,18-19,21-24,26-27,33-35H,5-12,14-17H2,1-4H3. The van der Waals surface area contributed by atoms with E-state index in [1.54, 1.807) is 13.2 Å². The van der Waals surface area contributed by atoms with Crippen molar-refractivity contribution >= 4 is 5.97 Å². The zero-order valence-electron chi connectivity index (χ0n) is 24.1. The summed E-state index contributed by atoms with van der Waals surface area (Å²) in [7, 11) is 1.61. The van der Waals surface area contributed by atoms with Crippen LogP contribution >= 0.6 is 0 Å². The summed E-state index contributed by atoms with van der Waals surface area (Å²) in [5, 5.41) is 34.9. The molecule has 0 radical (unpaired) electrons. The molecular weight excluding hydrogens is 500 g/mol. The number of hydrogen-bond acceptors (Lipinski definition) is 8. The lowest BCUT2D eigenvalue weighted by Gasteiger charge is -2.66. The van der Waals surface area contributed by atoms with Gasteiger partial charge in [-0.25, -0.2) is 4.79 Å². The number of ether oxygens (including phenoxy) is 4. The Morgan fingerprint density at radius 2 is 1.77 bits per heavy atom. The second kappa shape index (κ2) is 9.77. The number of rotatable bonds is 5. The molecule has 6 rings (SSSR count). The van der Waals surface area contributed by atoms with Gasteiger partial charge in [0.2, 0.25) is 0 Å². The molecule has 2 heterocycles. The van der Waals surface area contributed by atoms with E-state index in [2.05, 4.69) is 13.8 Å². The van der Waals surface area contributed by atoms with E-state index < -0.39 is 23.6 Å². The van der Waals surface area contributed by atoms with E-state index in [0.717, 1.165) is 50.5 Å². The Balaban J connectivity index is 1.14. The Kier molecular flexibility index (Phi) is 7.04. The summed E-state index contributed by atoms with van der Waals surface area (Å²) in [5.74, 6) is 0.602. The van der Waals surface area contributed by atoms with E-state index in [9.17, 15) is 20.1 Å². The molecule has 0 aromatic carbocycles. The van der Waals surface area contributed by atoms with Crippen molar-refractivity contribution in [2.45, 2.75) is 121 Å². The van der Waals surface area contributed by atoms with Crippen LogP contribution in [0.3, 0.4) is 0 Å². The number of carbonyl (C=O) groups is 1. The third kappa shape index (κ3) is 4.18. The molecule has 0 spiro atoms. The topological polar surface area (TPSA) is 115 Å². The van der Waals surface area contributed by atoms with Gasteiger partial charge in [0.15, 0.2) is 6.29 Å². The van der Waals surface area contributed by atoms with Gasteiger partial charge in [0, 0.05) is 25.0 Å². The summed E-state index contributed by atoms with van der Waals surface area (Å²) in [4.78, 5) is 11.8. The largest absolute Gasteiger partial charge is 0.458 e. The molecule has 0 amide bonds. The van der Waals surface area contributed by atoms with E-state index in [-0.39, 0.29) is 52.7 Å². The van der Waals surface area contributed by atoms with Gasteiger partial charge in [-0.3, -0.25) is 0 Å². The minimum Gasteiger partial charge on any atom is -0.458 e. The first-order valence-corrected chi connectivity index (χ1v) is 15.2. The number of hydrogen-bond donors (Lipinski definition) is 3. The molecule has 5 fully saturated rings. The molecule has 1 saturated heterocycles. The summed E-state index contributed by atoms with van der Waals surface area (Å²) in [6.45, 7) is 7.25. The van der Waals surface area contributed by atoms with Gasteiger partial charge in [0.1, 0.15) is 12.7 Å². The average Bonchev–Trinajstić information content (AvgIpc) is 3.44. The quantitative estimate of drug-likeness (QED) is 0.448. The zero-order valence-corrected chi connectivity index (χ0v) is 24.1. The molecule has 0 bridgehead atoms. The predicted octanol–water partition coefficient (Wildman–Crippen LogP) is 3.50. The Morgan fingerprint density at radius 1 is 1.03 bits per heavy atom. The lowest BCUT2D eigenvalue weighted by molar-refractivity contribution is -0.267. The SMILES string of the molecule is COC1CC(OCC2CCC3(C)C4CCC5(C)C(C6=CC(=O)OC6)CCC5(O)C4CCC3(O)C2)OC(C)C1O. The Morgan fingerprint density at radius 3 is 2.49 bits per heavy atom. The average molecular weight is 549 g/mol. The molecule has 2 aliphatic heterocycles. The Bertz CT molecular complexity index is 999. The predicted molar refractivity (Wildman–Crippen MR) is 142 cm³/mol. The fourth-order valence-electron chi connectivity index (χ4n) is 10.2. The fraction of sp³-hybridized carbons (Fsp3) is 0.903. The van der Waals surface area contributed by atoms with Crippen LogP contribution in [0.5, 0.6) is 0 Å². The number of cyclic esters (lactones) is 1. The van der Waals surface area contributed by atoms with Gasteiger partial charge in [-0.05, 0) is 99.4 Å². The highest BCUT2D eigenvalue weighted by Gasteiger charge is 2.70. The molecule has 0 aromatic heterocycles. The second-order valence-electron chi connectivity index (χ2n) is 14.2. The first kappa shape index (κ1) is 28.1. The van der Waals surface area contributed by atoms with Crippen LogP contribution in [0.2, 0.25) is 0 Å². The molecule has 6 aliphatic rings. The van der Waals surface area contributed by atoms with Crippen LogP contribution in [0.25, 0.3) is 0 Å². The minimum absolute atomic E-state index is 0.160. The Labute approximate surface area is 232 Å². The van der Waals surface area contributed by atoms with Crippen LogP contribution in [0, 0.1) is 34.5 Å². The molecule has 8 nitrogen and oxygen atoms in total. The highest BCUT2D eigenvalue weighted by Crippen LogP contribution is 2.70. The molecule has 220 valence electrons. The smallest absolute Gasteiger partial charge is 0.331 e. The van der Waals surface area contributed by atoms with E-state index >= 15 is 0 Å². The fourth-order valence-corrected chi connectivity index (χ4v) is 10.2. The molecule has 8 heteroatoms. The monoisotopic (exact) mass is 548 g/mol. The molecule has 0 aromatic rings. The number of esters is 1. The molecule has 3 N–H and O–H groups in total. The van der Waals surface area contributed by atoms with E-state index in [1.165, 1.54) is 0 Å². The minimum atomic E-state index is -0.783. The van der Waals surface area contributed by atoms with Crippen molar-refractivity contribution in [1.82, 2.24) is 0 Å². The maximum absolute atomic E-state index is 12.4. The van der Waals surface area contributed by atoms with E-state index in [0.29, 0.717) is 32.5 Å². The van der Waals surface area contributed by atoms with Gasteiger partial charge in [0.05, 0.1) is 30.0 Å². The van der Waals surface area contributed by atoms with Crippen LogP contribution in [0.1, 0.15) is 85.0 Å². The molecule has 12 unspecified atom stereocenters. The van der Waals surface area contributed by atoms with Gasteiger partial charge in [-0.2, -0.15) is 0 Å². The molecule has 4 saturated carbocycles. The van der Waals surface area contributed by atoms with Gasteiger partial charge >= 0.3 is 5.97 Å². The number of methoxy groups -OCH3 is 1. The van der Waals surface area contributed by atoms with Crippen molar-refractivity contribution in [2.24, 2.45) is 34.5 Å². The van der Waals surface area contributed by atoms with Crippen molar-refractivity contribution in [3.63, 3.8) is 0 Å². The highest BCUT2D eigenvalue weighted by atomic mass is 16.7. The van der Waals surface area contributed by atoms with Crippen LogP contribution in [-0.2, 0) is 23.7 Å². The third-order valence-corrected chi connectivity index (χ3v) is 12.7. The van der Waals surface area contributed by atoms with E-state index in [4.69, 9.17) is 18.9 Å². The first-order chi connectivity index (χ1) is 18.4. The number of fused-ring (bicyclic) bond motifs is 5. The molecule has 12 atom stereocenters. The third-order valence-electron chi connectivity index (χ3n) is 12.7. The maximum atomic E-state index is 12.4. The van der Waals surface area contributed by atoms with Crippen molar-refractivity contribution in [3.05, 3.63) is 11.6 Å². The lowest BCUT2D eigenvalue weighted by Crippen LogP contribution is -2.67. The van der Waals surface area contributed by atoms with Crippen LogP contribution in [-0.4, -0.2) is 77.4 Å². The molecule has 39 heavy (non-hydrogen) atoms. The molecule has 4 aliphatic carbocycles. The number of aliphatic hydroxyl groups excluding tert-OH is 1.